The van der Waals surface area contributed by atoms with Crippen LogP contribution in [-0.2, 0) is 14.8 Å². The number of benzene rings is 1. The number of aryl methyl sites for hydroxylation is 1. The van der Waals surface area contributed by atoms with Gasteiger partial charge in [0.15, 0.2) is 0 Å². The molecule has 1 N–H and O–H groups in total. The summed E-state index contributed by atoms with van der Waals surface area (Å²) >= 11 is 6.16. The molecular formula is C18H20ClN3O3S. The molecule has 0 aliphatic carbocycles. The van der Waals surface area contributed by atoms with Gasteiger partial charge in [-0.05, 0) is 49.6 Å². The number of piperidine rings is 1. The molecule has 26 heavy (non-hydrogen) atoms. The van der Waals surface area contributed by atoms with Gasteiger partial charge < -0.3 is 5.32 Å². The van der Waals surface area contributed by atoms with Crippen LogP contribution >= 0.6 is 11.6 Å². The van der Waals surface area contributed by atoms with E-state index >= 15 is 0 Å². The third kappa shape index (κ3) is 4.06. The van der Waals surface area contributed by atoms with Crippen LogP contribution in [0.5, 0.6) is 0 Å². The lowest BCUT2D eigenvalue weighted by molar-refractivity contribution is -0.120. The first-order valence-corrected chi connectivity index (χ1v) is 10.2. The number of carbonyl (C=O) groups is 1. The van der Waals surface area contributed by atoms with Gasteiger partial charge in [-0.3, -0.25) is 9.78 Å². The minimum absolute atomic E-state index is 0.130. The van der Waals surface area contributed by atoms with Crippen LogP contribution in [0.1, 0.15) is 18.4 Å². The molecule has 138 valence electrons. The third-order valence-corrected chi connectivity index (χ3v) is 6.67. The molecule has 8 heteroatoms. The van der Waals surface area contributed by atoms with Crippen LogP contribution in [0, 0.1) is 12.8 Å². The van der Waals surface area contributed by atoms with Crippen molar-refractivity contribution in [2.24, 2.45) is 5.92 Å². The Morgan fingerprint density at radius 3 is 2.62 bits per heavy atom. The summed E-state index contributed by atoms with van der Waals surface area (Å²) in [5.41, 5.74) is 1.59. The standard InChI is InChI=1S/C18H20ClN3O3S/c1-13-4-5-17(16(19)11-13)21-18(23)14-6-9-22(10-7-14)26(24,25)15-3-2-8-20-12-15/h2-5,8,11-12,14H,6-7,9-10H2,1H3,(H,21,23). The van der Waals surface area contributed by atoms with Gasteiger partial charge >= 0.3 is 0 Å². The summed E-state index contributed by atoms with van der Waals surface area (Å²) in [5.74, 6) is -0.373. The highest BCUT2D eigenvalue weighted by molar-refractivity contribution is 7.89. The van der Waals surface area contributed by atoms with Gasteiger partial charge in [0.2, 0.25) is 15.9 Å². The molecule has 6 nitrogen and oxygen atoms in total. The fraction of sp³-hybridized carbons (Fsp3) is 0.333. The fourth-order valence-corrected chi connectivity index (χ4v) is 4.68. The topological polar surface area (TPSA) is 79.4 Å². The van der Waals surface area contributed by atoms with Gasteiger partial charge in [-0.1, -0.05) is 17.7 Å². The number of amides is 1. The highest BCUT2D eigenvalue weighted by Crippen LogP contribution is 2.27. The molecule has 3 rings (SSSR count). The summed E-state index contributed by atoms with van der Waals surface area (Å²) in [4.78, 5) is 16.5. The predicted octanol–water partition coefficient (Wildman–Crippen LogP) is 3.08. The summed E-state index contributed by atoms with van der Waals surface area (Å²) in [6.45, 7) is 2.53. The van der Waals surface area contributed by atoms with Crippen LogP contribution in [0.4, 0.5) is 5.69 Å². The second-order valence-electron chi connectivity index (χ2n) is 6.34. The van der Waals surface area contributed by atoms with Crippen molar-refractivity contribution in [1.29, 1.82) is 0 Å². The maximum atomic E-state index is 12.6. The molecule has 1 aromatic heterocycles. The number of aromatic nitrogens is 1. The van der Waals surface area contributed by atoms with E-state index in [1.807, 2.05) is 13.0 Å². The smallest absolute Gasteiger partial charge is 0.244 e. The van der Waals surface area contributed by atoms with Crippen LogP contribution < -0.4 is 5.32 Å². The van der Waals surface area contributed by atoms with Gasteiger partial charge in [0.05, 0.1) is 10.7 Å². The van der Waals surface area contributed by atoms with Crippen LogP contribution in [0.15, 0.2) is 47.6 Å². The molecule has 0 spiro atoms. The molecule has 0 radical (unpaired) electrons. The van der Waals surface area contributed by atoms with E-state index in [0.717, 1.165) is 5.56 Å². The van der Waals surface area contributed by atoms with E-state index in [-0.39, 0.29) is 16.7 Å². The molecule has 1 aliphatic heterocycles. The summed E-state index contributed by atoms with van der Waals surface area (Å²) in [6.07, 6.45) is 3.81. The molecule has 2 heterocycles. The van der Waals surface area contributed by atoms with Crippen LogP contribution in [0.3, 0.4) is 0 Å². The summed E-state index contributed by atoms with van der Waals surface area (Å²) in [5, 5.41) is 3.34. The number of nitrogens with zero attached hydrogens (tertiary/aromatic N) is 2. The van der Waals surface area contributed by atoms with Gasteiger partial charge in [0.1, 0.15) is 4.90 Å². The van der Waals surface area contributed by atoms with Crippen molar-refractivity contribution in [1.82, 2.24) is 9.29 Å². The van der Waals surface area contributed by atoms with Gasteiger partial charge in [-0.25, -0.2) is 8.42 Å². The molecule has 1 aliphatic rings. The zero-order chi connectivity index (χ0) is 18.7. The average molecular weight is 394 g/mol. The number of rotatable bonds is 4. The highest BCUT2D eigenvalue weighted by atomic mass is 35.5. The maximum Gasteiger partial charge on any atom is 0.244 e. The van der Waals surface area contributed by atoms with E-state index in [1.54, 1.807) is 18.2 Å². The van der Waals surface area contributed by atoms with E-state index in [1.165, 1.54) is 22.8 Å². The van der Waals surface area contributed by atoms with Crippen molar-refractivity contribution in [2.75, 3.05) is 18.4 Å². The van der Waals surface area contributed by atoms with Crippen LogP contribution in [-0.4, -0.2) is 36.7 Å². The normalized spacial score (nSPS) is 16.4. The van der Waals surface area contributed by atoms with Crippen molar-refractivity contribution >= 4 is 33.2 Å². The lowest BCUT2D eigenvalue weighted by Gasteiger charge is -2.30. The van der Waals surface area contributed by atoms with E-state index < -0.39 is 10.0 Å². The lowest BCUT2D eigenvalue weighted by atomic mass is 9.97. The van der Waals surface area contributed by atoms with Crippen LogP contribution in [0.2, 0.25) is 5.02 Å². The average Bonchev–Trinajstić information content (AvgIpc) is 2.65. The Bertz CT molecular complexity index is 895. The highest BCUT2D eigenvalue weighted by Gasteiger charge is 2.32. The van der Waals surface area contributed by atoms with Crippen molar-refractivity contribution < 1.29 is 13.2 Å². The number of pyridine rings is 1. The Morgan fingerprint density at radius 1 is 1.27 bits per heavy atom. The van der Waals surface area contributed by atoms with E-state index in [2.05, 4.69) is 10.3 Å². The van der Waals surface area contributed by atoms with Gasteiger partial charge in [-0.2, -0.15) is 4.31 Å². The third-order valence-electron chi connectivity index (χ3n) is 4.48. The monoisotopic (exact) mass is 393 g/mol. The first-order chi connectivity index (χ1) is 12.4. The number of carbonyl (C=O) groups excluding carboxylic acids is 1. The molecule has 1 fully saturated rings. The zero-order valence-corrected chi connectivity index (χ0v) is 15.9. The number of nitrogens with one attached hydrogen (secondary N) is 1. The zero-order valence-electron chi connectivity index (χ0n) is 14.4. The number of hydrogen-bond acceptors (Lipinski definition) is 4. The molecule has 0 unspecified atom stereocenters. The fourth-order valence-electron chi connectivity index (χ4n) is 2.96. The van der Waals surface area contributed by atoms with Crippen molar-refractivity contribution in [3.63, 3.8) is 0 Å². The van der Waals surface area contributed by atoms with E-state index in [0.29, 0.717) is 36.6 Å². The first kappa shape index (κ1) is 18.8. The van der Waals surface area contributed by atoms with Gasteiger partial charge in [0.25, 0.3) is 0 Å². The van der Waals surface area contributed by atoms with Crippen molar-refractivity contribution in [3.8, 4) is 0 Å². The quantitative estimate of drug-likeness (QED) is 0.865. The molecular weight excluding hydrogens is 374 g/mol. The second-order valence-corrected chi connectivity index (χ2v) is 8.68. The van der Waals surface area contributed by atoms with Gasteiger partial charge in [-0.15, -0.1) is 0 Å². The minimum Gasteiger partial charge on any atom is -0.325 e. The molecule has 1 amide bonds. The Balaban J connectivity index is 1.62. The minimum atomic E-state index is -3.56. The molecule has 2 aromatic rings. The summed E-state index contributed by atoms with van der Waals surface area (Å²) < 4.78 is 26.6. The van der Waals surface area contributed by atoms with E-state index in [9.17, 15) is 13.2 Å². The molecule has 0 bridgehead atoms. The Labute approximate surface area is 158 Å². The Morgan fingerprint density at radius 2 is 2.00 bits per heavy atom. The van der Waals surface area contributed by atoms with Crippen LogP contribution in [0.25, 0.3) is 0 Å². The molecule has 1 saturated heterocycles. The number of sulfonamides is 1. The number of halogens is 1. The maximum absolute atomic E-state index is 12.6. The SMILES string of the molecule is Cc1ccc(NC(=O)C2CCN(S(=O)(=O)c3cccnc3)CC2)c(Cl)c1. The summed E-state index contributed by atoms with van der Waals surface area (Å²) in [7, 11) is -3.56. The first-order valence-electron chi connectivity index (χ1n) is 8.35. The van der Waals surface area contributed by atoms with Gasteiger partial charge in [0, 0.05) is 31.4 Å². The summed E-state index contributed by atoms with van der Waals surface area (Å²) in [6, 6.07) is 8.57. The molecule has 0 atom stereocenters. The molecule has 0 saturated carbocycles. The van der Waals surface area contributed by atoms with Crippen molar-refractivity contribution in [3.05, 3.63) is 53.3 Å². The second kappa shape index (κ2) is 7.73. The van der Waals surface area contributed by atoms with E-state index in [4.69, 9.17) is 11.6 Å². The lowest BCUT2D eigenvalue weighted by Crippen LogP contribution is -2.41. The number of anilines is 1. The Kier molecular flexibility index (Phi) is 5.60. The Hall–Kier alpha value is -1.96. The largest absolute Gasteiger partial charge is 0.325 e. The predicted molar refractivity (Wildman–Crippen MR) is 101 cm³/mol. The number of hydrogen-bond donors (Lipinski definition) is 1. The van der Waals surface area contributed by atoms with Crippen molar-refractivity contribution in [2.45, 2.75) is 24.7 Å². The molecule has 1 aromatic carbocycles.